The number of hydrogen-bond acceptors (Lipinski definition) is 4. The Hall–Kier alpha value is -2.21. The normalized spacial score (nSPS) is 10.4. The molecule has 0 aliphatic heterocycles. The summed E-state index contributed by atoms with van der Waals surface area (Å²) in [6.45, 7) is 0.135. The minimum Gasteiger partial charge on any atom is -0.478 e. The molecule has 88 valence electrons. The molecule has 1 heterocycles. The number of carboxylic acid groups (broad SMARTS) is 1. The molecule has 2 N–H and O–H groups in total. The third kappa shape index (κ3) is 2.48. The quantitative estimate of drug-likeness (QED) is 0.803. The zero-order valence-corrected chi connectivity index (χ0v) is 8.95. The van der Waals surface area contributed by atoms with Gasteiger partial charge in [0.25, 0.3) is 0 Å². The fraction of sp³-hybridized carbons (Fsp3) is 0.182. The van der Waals surface area contributed by atoms with Crippen molar-refractivity contribution in [3.8, 4) is 0 Å². The molecule has 0 unspecified atom stereocenters. The highest BCUT2D eigenvalue weighted by Gasteiger charge is 2.10. The number of hydrogen-bond donors (Lipinski definition) is 2. The van der Waals surface area contributed by atoms with E-state index in [9.17, 15) is 4.79 Å². The summed E-state index contributed by atoms with van der Waals surface area (Å²) in [6.07, 6.45) is 1.58. The van der Waals surface area contributed by atoms with Gasteiger partial charge in [-0.2, -0.15) is 0 Å². The van der Waals surface area contributed by atoms with Crippen molar-refractivity contribution < 1.29 is 15.0 Å². The van der Waals surface area contributed by atoms with Gasteiger partial charge in [-0.3, -0.25) is 0 Å². The average Bonchev–Trinajstić information content (AvgIpc) is 2.77. The van der Waals surface area contributed by atoms with Crippen LogP contribution in [0.2, 0.25) is 0 Å². The van der Waals surface area contributed by atoms with Gasteiger partial charge < -0.3 is 10.2 Å². The van der Waals surface area contributed by atoms with E-state index in [0.29, 0.717) is 17.8 Å². The molecule has 0 aliphatic carbocycles. The highest BCUT2D eigenvalue weighted by molar-refractivity contribution is 5.89. The van der Waals surface area contributed by atoms with E-state index in [1.807, 2.05) is 0 Å². The van der Waals surface area contributed by atoms with Crippen molar-refractivity contribution >= 4 is 5.97 Å². The van der Waals surface area contributed by atoms with Crippen LogP contribution in [0.1, 0.15) is 21.6 Å². The summed E-state index contributed by atoms with van der Waals surface area (Å²) in [5.41, 5.74) is 1.35. The molecule has 0 fully saturated rings. The van der Waals surface area contributed by atoms with Crippen molar-refractivity contribution in [1.82, 2.24) is 15.0 Å². The smallest absolute Gasteiger partial charge is 0.336 e. The Balaban J connectivity index is 2.26. The number of nitrogens with zero attached hydrogens (tertiary/aromatic N) is 3. The first-order valence-corrected chi connectivity index (χ1v) is 5.02. The fourth-order valence-electron chi connectivity index (χ4n) is 1.53. The molecular formula is C11H11N3O3. The van der Waals surface area contributed by atoms with Gasteiger partial charge in [0, 0.05) is 0 Å². The third-order valence-corrected chi connectivity index (χ3v) is 2.33. The third-order valence-electron chi connectivity index (χ3n) is 2.33. The van der Waals surface area contributed by atoms with Crippen molar-refractivity contribution in [2.75, 3.05) is 0 Å². The summed E-state index contributed by atoms with van der Waals surface area (Å²) in [5.74, 6) is -0.969. The zero-order chi connectivity index (χ0) is 12.3. The van der Waals surface area contributed by atoms with Gasteiger partial charge in [0.1, 0.15) is 5.69 Å². The molecule has 0 amide bonds. The van der Waals surface area contributed by atoms with Crippen molar-refractivity contribution in [1.29, 1.82) is 0 Å². The highest BCUT2D eigenvalue weighted by atomic mass is 16.4. The van der Waals surface area contributed by atoms with Crippen LogP contribution in [-0.4, -0.2) is 31.2 Å². The Kier molecular flexibility index (Phi) is 3.15. The number of benzene rings is 1. The molecule has 1 aromatic carbocycles. The lowest BCUT2D eigenvalue weighted by Crippen LogP contribution is -2.07. The summed E-state index contributed by atoms with van der Waals surface area (Å²) < 4.78 is 1.49. The maximum absolute atomic E-state index is 11.0. The SMILES string of the molecule is O=C(O)c1ccccc1Cn1cc(CO)nn1. The second-order valence-electron chi connectivity index (χ2n) is 3.53. The minimum absolute atomic E-state index is 0.180. The zero-order valence-electron chi connectivity index (χ0n) is 8.95. The molecule has 0 saturated carbocycles. The lowest BCUT2D eigenvalue weighted by atomic mass is 10.1. The largest absolute Gasteiger partial charge is 0.478 e. The van der Waals surface area contributed by atoms with Gasteiger partial charge in [-0.15, -0.1) is 5.10 Å². The molecule has 1 aromatic heterocycles. The number of aromatic nitrogens is 3. The molecule has 6 heteroatoms. The van der Waals surface area contributed by atoms with Crippen LogP contribution in [0.5, 0.6) is 0 Å². The predicted molar refractivity (Wildman–Crippen MR) is 58.4 cm³/mol. The van der Waals surface area contributed by atoms with E-state index in [4.69, 9.17) is 10.2 Å². The second-order valence-corrected chi connectivity index (χ2v) is 3.53. The van der Waals surface area contributed by atoms with E-state index in [-0.39, 0.29) is 12.2 Å². The molecule has 0 aliphatic rings. The van der Waals surface area contributed by atoms with Gasteiger partial charge in [0.2, 0.25) is 0 Å². The Morgan fingerprint density at radius 2 is 2.12 bits per heavy atom. The first kappa shape index (κ1) is 11.3. The molecule has 0 bridgehead atoms. The first-order valence-electron chi connectivity index (χ1n) is 5.02. The molecule has 2 rings (SSSR count). The molecule has 0 spiro atoms. The Morgan fingerprint density at radius 3 is 2.76 bits per heavy atom. The average molecular weight is 233 g/mol. The molecule has 2 aromatic rings. The van der Waals surface area contributed by atoms with Crippen LogP contribution < -0.4 is 0 Å². The van der Waals surface area contributed by atoms with Crippen molar-refractivity contribution in [3.05, 3.63) is 47.3 Å². The number of carboxylic acids is 1. The van der Waals surface area contributed by atoms with Gasteiger partial charge in [0.15, 0.2) is 0 Å². The van der Waals surface area contributed by atoms with Gasteiger partial charge in [0.05, 0.1) is 24.9 Å². The maximum atomic E-state index is 11.0. The molecular weight excluding hydrogens is 222 g/mol. The van der Waals surface area contributed by atoms with E-state index in [2.05, 4.69) is 10.3 Å². The molecule has 0 atom stereocenters. The standard InChI is InChI=1S/C11H11N3O3/c15-7-9-6-14(13-12-9)5-8-3-1-2-4-10(8)11(16)17/h1-4,6,15H,5,7H2,(H,16,17). The molecule has 17 heavy (non-hydrogen) atoms. The predicted octanol–water partition coefficient (Wildman–Crippen LogP) is 0.517. The number of aliphatic hydroxyl groups excluding tert-OH is 1. The van der Waals surface area contributed by atoms with E-state index in [1.54, 1.807) is 30.5 Å². The minimum atomic E-state index is -0.969. The van der Waals surface area contributed by atoms with Crippen LogP contribution >= 0.6 is 0 Å². The Bertz CT molecular complexity index is 536. The molecule has 0 saturated heterocycles. The van der Waals surface area contributed by atoms with E-state index < -0.39 is 5.97 Å². The lowest BCUT2D eigenvalue weighted by molar-refractivity contribution is 0.0695. The van der Waals surface area contributed by atoms with Gasteiger partial charge >= 0.3 is 5.97 Å². The van der Waals surface area contributed by atoms with Crippen molar-refractivity contribution in [2.24, 2.45) is 0 Å². The number of rotatable bonds is 4. The monoisotopic (exact) mass is 233 g/mol. The Labute approximate surface area is 97.1 Å². The van der Waals surface area contributed by atoms with Crippen LogP contribution in [0.25, 0.3) is 0 Å². The highest BCUT2D eigenvalue weighted by Crippen LogP contribution is 2.10. The van der Waals surface area contributed by atoms with E-state index >= 15 is 0 Å². The van der Waals surface area contributed by atoms with E-state index in [1.165, 1.54) is 4.68 Å². The van der Waals surface area contributed by atoms with Crippen LogP contribution in [0.15, 0.2) is 30.5 Å². The van der Waals surface area contributed by atoms with Crippen molar-refractivity contribution in [3.63, 3.8) is 0 Å². The number of carbonyl (C=O) groups is 1. The first-order chi connectivity index (χ1) is 8.20. The fourth-order valence-corrected chi connectivity index (χ4v) is 1.53. The molecule has 6 nitrogen and oxygen atoms in total. The second kappa shape index (κ2) is 4.75. The Morgan fingerprint density at radius 1 is 1.35 bits per heavy atom. The summed E-state index contributed by atoms with van der Waals surface area (Å²) in [4.78, 5) is 11.0. The van der Waals surface area contributed by atoms with Crippen LogP contribution in [-0.2, 0) is 13.2 Å². The van der Waals surface area contributed by atoms with Crippen LogP contribution in [0.3, 0.4) is 0 Å². The van der Waals surface area contributed by atoms with Gasteiger partial charge in [-0.25, -0.2) is 9.48 Å². The topological polar surface area (TPSA) is 88.2 Å². The molecule has 0 radical (unpaired) electrons. The van der Waals surface area contributed by atoms with E-state index in [0.717, 1.165) is 0 Å². The number of aromatic carboxylic acids is 1. The number of aliphatic hydroxyl groups is 1. The van der Waals surface area contributed by atoms with Gasteiger partial charge in [-0.1, -0.05) is 23.4 Å². The maximum Gasteiger partial charge on any atom is 0.336 e. The van der Waals surface area contributed by atoms with Crippen LogP contribution in [0, 0.1) is 0 Å². The summed E-state index contributed by atoms with van der Waals surface area (Å²) in [6, 6.07) is 6.71. The van der Waals surface area contributed by atoms with Crippen molar-refractivity contribution in [2.45, 2.75) is 13.2 Å². The summed E-state index contributed by atoms with van der Waals surface area (Å²) in [5, 5.41) is 25.4. The van der Waals surface area contributed by atoms with Crippen LogP contribution in [0.4, 0.5) is 0 Å². The summed E-state index contributed by atoms with van der Waals surface area (Å²) >= 11 is 0. The van der Waals surface area contributed by atoms with Gasteiger partial charge in [-0.05, 0) is 11.6 Å². The summed E-state index contributed by atoms with van der Waals surface area (Å²) in [7, 11) is 0. The lowest BCUT2D eigenvalue weighted by Gasteiger charge is -2.04.